The Kier molecular flexibility index (Phi) is 6.13. The van der Waals surface area contributed by atoms with E-state index < -0.39 is 0 Å². The number of pyridine rings is 1. The van der Waals surface area contributed by atoms with Gasteiger partial charge in [0.15, 0.2) is 0 Å². The number of carbonyl (C=O) groups excluding carboxylic acids is 1. The first kappa shape index (κ1) is 17.9. The molecule has 5 heteroatoms. The van der Waals surface area contributed by atoms with Gasteiger partial charge in [-0.15, -0.1) is 0 Å². The second-order valence-corrected chi connectivity index (χ2v) is 6.93. The maximum atomic E-state index is 12.7. The molecule has 1 saturated heterocycles. The molecule has 2 heterocycles. The van der Waals surface area contributed by atoms with Gasteiger partial charge in [0.2, 0.25) is 5.91 Å². The van der Waals surface area contributed by atoms with Gasteiger partial charge in [-0.1, -0.05) is 19.9 Å². The third-order valence-electron chi connectivity index (χ3n) is 4.18. The van der Waals surface area contributed by atoms with Gasteiger partial charge in [-0.05, 0) is 38.3 Å². The van der Waals surface area contributed by atoms with E-state index in [-0.39, 0.29) is 30.1 Å². The van der Waals surface area contributed by atoms with E-state index >= 15 is 0 Å². The molecule has 0 unspecified atom stereocenters. The molecule has 23 heavy (non-hydrogen) atoms. The third-order valence-corrected chi connectivity index (χ3v) is 4.18. The van der Waals surface area contributed by atoms with Gasteiger partial charge in [0.1, 0.15) is 0 Å². The summed E-state index contributed by atoms with van der Waals surface area (Å²) in [5, 5.41) is 3.07. The van der Waals surface area contributed by atoms with Crippen LogP contribution < -0.4 is 5.32 Å². The highest BCUT2D eigenvalue weighted by Crippen LogP contribution is 2.18. The monoisotopic (exact) mass is 319 g/mol. The number of aromatic nitrogens is 1. The van der Waals surface area contributed by atoms with Crippen LogP contribution in [0.25, 0.3) is 0 Å². The summed E-state index contributed by atoms with van der Waals surface area (Å²) in [6.45, 7) is 12.4. The zero-order valence-corrected chi connectivity index (χ0v) is 14.9. The van der Waals surface area contributed by atoms with Gasteiger partial charge in [0.25, 0.3) is 0 Å². The van der Waals surface area contributed by atoms with Crippen molar-refractivity contribution >= 4 is 5.91 Å². The number of aryl methyl sites for hydroxylation is 1. The van der Waals surface area contributed by atoms with Crippen molar-refractivity contribution in [2.24, 2.45) is 5.92 Å². The summed E-state index contributed by atoms with van der Waals surface area (Å²) < 4.78 is 5.78. The lowest BCUT2D eigenvalue weighted by atomic mass is 9.99. The number of carbonyl (C=O) groups is 1. The minimum Gasteiger partial charge on any atom is -0.373 e. The van der Waals surface area contributed by atoms with Gasteiger partial charge in [0.05, 0.1) is 18.2 Å². The van der Waals surface area contributed by atoms with Crippen molar-refractivity contribution in [1.82, 2.24) is 15.2 Å². The maximum absolute atomic E-state index is 12.7. The Hall–Kier alpha value is -1.46. The minimum absolute atomic E-state index is 0.0851. The summed E-state index contributed by atoms with van der Waals surface area (Å²) in [6.07, 6.45) is 2.14. The molecule has 0 aliphatic carbocycles. The maximum Gasteiger partial charge on any atom is 0.237 e. The molecule has 1 N–H and O–H groups in total. The molecular weight excluding hydrogens is 290 g/mol. The number of rotatable bonds is 5. The quantitative estimate of drug-likeness (QED) is 0.903. The first-order chi connectivity index (χ1) is 10.9. The van der Waals surface area contributed by atoms with Crippen LogP contribution in [0.1, 0.15) is 39.0 Å². The molecule has 1 aliphatic heterocycles. The van der Waals surface area contributed by atoms with Crippen LogP contribution in [-0.4, -0.2) is 47.1 Å². The third kappa shape index (κ3) is 5.01. The van der Waals surface area contributed by atoms with E-state index in [1.54, 1.807) is 0 Å². The minimum atomic E-state index is -0.123. The Balaban J connectivity index is 1.99. The van der Waals surface area contributed by atoms with Crippen LogP contribution in [0.3, 0.4) is 0 Å². The van der Waals surface area contributed by atoms with Crippen LogP contribution in [0, 0.1) is 12.8 Å². The Morgan fingerprint density at radius 2 is 2.00 bits per heavy atom. The zero-order chi connectivity index (χ0) is 17.0. The normalized spacial score (nSPS) is 23.7. The molecule has 0 spiro atoms. The van der Waals surface area contributed by atoms with E-state index in [0.29, 0.717) is 6.54 Å². The van der Waals surface area contributed by atoms with E-state index in [1.165, 1.54) is 0 Å². The lowest BCUT2D eigenvalue weighted by molar-refractivity contribution is -0.135. The van der Waals surface area contributed by atoms with E-state index in [9.17, 15) is 4.79 Å². The number of morpholine rings is 1. The second-order valence-electron chi connectivity index (χ2n) is 6.93. The molecule has 1 aromatic rings. The van der Waals surface area contributed by atoms with Crippen molar-refractivity contribution < 1.29 is 9.53 Å². The van der Waals surface area contributed by atoms with Gasteiger partial charge >= 0.3 is 0 Å². The Labute approximate surface area is 139 Å². The van der Waals surface area contributed by atoms with Gasteiger partial charge in [-0.3, -0.25) is 14.7 Å². The molecule has 1 amide bonds. The lowest BCUT2D eigenvalue weighted by Gasteiger charge is -2.41. The van der Waals surface area contributed by atoms with E-state index in [2.05, 4.69) is 42.9 Å². The lowest BCUT2D eigenvalue weighted by Crippen LogP contribution is -2.56. The molecule has 1 aliphatic rings. The van der Waals surface area contributed by atoms with Crippen LogP contribution >= 0.6 is 0 Å². The van der Waals surface area contributed by atoms with Crippen molar-refractivity contribution in [3.63, 3.8) is 0 Å². The van der Waals surface area contributed by atoms with E-state index in [0.717, 1.165) is 24.3 Å². The van der Waals surface area contributed by atoms with E-state index in [4.69, 9.17) is 4.74 Å². The summed E-state index contributed by atoms with van der Waals surface area (Å²) in [6, 6.07) is 3.85. The summed E-state index contributed by atoms with van der Waals surface area (Å²) in [4.78, 5) is 19.2. The molecular formula is C18H29N3O2. The Morgan fingerprint density at radius 1 is 1.35 bits per heavy atom. The molecule has 0 bridgehead atoms. The van der Waals surface area contributed by atoms with Crippen LogP contribution in [0.15, 0.2) is 18.3 Å². The number of nitrogens with one attached hydrogen (secondary N) is 1. The van der Waals surface area contributed by atoms with Crippen molar-refractivity contribution in [3.05, 3.63) is 29.6 Å². The summed E-state index contributed by atoms with van der Waals surface area (Å²) >= 11 is 0. The van der Waals surface area contributed by atoms with Crippen LogP contribution in [0.5, 0.6) is 0 Å². The number of ether oxygens (including phenoxy) is 1. The molecule has 0 saturated carbocycles. The second kappa shape index (κ2) is 7.88. The molecule has 1 fully saturated rings. The number of amides is 1. The fourth-order valence-corrected chi connectivity index (χ4v) is 3.23. The van der Waals surface area contributed by atoms with Crippen LogP contribution in [0.2, 0.25) is 0 Å². The molecule has 5 nitrogen and oxygen atoms in total. The van der Waals surface area contributed by atoms with Crippen LogP contribution in [0.4, 0.5) is 0 Å². The smallest absolute Gasteiger partial charge is 0.237 e. The van der Waals surface area contributed by atoms with Crippen molar-refractivity contribution in [2.45, 2.75) is 59.4 Å². The Morgan fingerprint density at radius 3 is 2.52 bits per heavy atom. The van der Waals surface area contributed by atoms with Gasteiger partial charge in [0, 0.05) is 31.5 Å². The topological polar surface area (TPSA) is 54.5 Å². The highest BCUT2D eigenvalue weighted by Gasteiger charge is 2.33. The van der Waals surface area contributed by atoms with Crippen molar-refractivity contribution in [2.75, 3.05) is 13.1 Å². The highest BCUT2D eigenvalue weighted by atomic mass is 16.5. The Bertz CT molecular complexity index is 506. The standard InChI is InChI=1S/C18H29N3O2/c1-12(2)17(21-10-14(4)23-15(5)11-21)18(22)20-9-16-7-6-13(3)19-8-16/h6-8,12,14-15,17H,9-11H2,1-5H3,(H,20,22)/t14-,15-,17-/m0/s1. The van der Waals surface area contributed by atoms with Crippen molar-refractivity contribution in [1.29, 1.82) is 0 Å². The van der Waals surface area contributed by atoms with Gasteiger partial charge < -0.3 is 10.1 Å². The molecule has 0 radical (unpaired) electrons. The molecule has 1 aromatic heterocycles. The fraction of sp³-hybridized carbons (Fsp3) is 0.667. The van der Waals surface area contributed by atoms with E-state index in [1.807, 2.05) is 25.3 Å². The van der Waals surface area contributed by atoms with Crippen molar-refractivity contribution in [3.8, 4) is 0 Å². The molecule has 0 aromatic carbocycles. The summed E-state index contributed by atoms with van der Waals surface area (Å²) in [7, 11) is 0. The predicted octanol–water partition coefficient (Wildman–Crippen LogP) is 2.14. The first-order valence-corrected chi connectivity index (χ1v) is 8.45. The SMILES string of the molecule is Cc1ccc(CNC(=O)[C@H](C(C)C)N2C[C@H](C)O[C@@H](C)C2)cn1. The average molecular weight is 319 g/mol. The first-order valence-electron chi connectivity index (χ1n) is 8.45. The van der Waals surface area contributed by atoms with Gasteiger partial charge in [-0.25, -0.2) is 0 Å². The number of hydrogen-bond acceptors (Lipinski definition) is 4. The summed E-state index contributed by atoms with van der Waals surface area (Å²) in [5.74, 6) is 0.338. The fourth-order valence-electron chi connectivity index (χ4n) is 3.23. The highest BCUT2D eigenvalue weighted by molar-refractivity contribution is 5.82. The van der Waals surface area contributed by atoms with Gasteiger partial charge in [-0.2, -0.15) is 0 Å². The predicted molar refractivity (Wildman–Crippen MR) is 91.0 cm³/mol. The summed E-state index contributed by atoms with van der Waals surface area (Å²) in [5.41, 5.74) is 2.01. The number of nitrogens with zero attached hydrogens (tertiary/aromatic N) is 2. The zero-order valence-electron chi connectivity index (χ0n) is 14.9. The average Bonchev–Trinajstić information content (AvgIpc) is 2.45. The molecule has 128 valence electrons. The van der Waals surface area contributed by atoms with Crippen LogP contribution in [-0.2, 0) is 16.1 Å². The largest absolute Gasteiger partial charge is 0.373 e. The molecule has 3 atom stereocenters. The molecule has 2 rings (SSSR count). The number of hydrogen-bond donors (Lipinski definition) is 1.